The smallest absolute Gasteiger partial charge is 0.336 e. The van der Waals surface area contributed by atoms with Gasteiger partial charge in [0.05, 0.1) is 24.9 Å². The third-order valence-corrected chi connectivity index (χ3v) is 5.83. The number of ether oxygens (including phenoxy) is 3. The fraction of sp³-hybridized carbons (Fsp3) is 0.148. The van der Waals surface area contributed by atoms with E-state index in [9.17, 15) is 14.4 Å². The fourth-order valence-corrected chi connectivity index (χ4v) is 3.86. The highest BCUT2D eigenvalue weighted by molar-refractivity contribution is 6.39. The first kappa shape index (κ1) is 24.8. The van der Waals surface area contributed by atoms with Gasteiger partial charge in [0.15, 0.2) is 0 Å². The number of methoxy groups -OCH3 is 2. The Morgan fingerprint density at radius 1 is 0.917 bits per heavy atom. The standard InChI is InChI=1S/C27H23ClN2O6/c1-16-8-10-17(11-9-16)15-36-22-7-5-4-6-18(22)12-19-25(31)29-27(33)30(26(19)32)21-14-23(34-2)20(28)13-24(21)35-3/h4-14H,15H2,1-3H3,(H,29,31,33)/b19-12+. The van der Waals surface area contributed by atoms with E-state index in [1.807, 2.05) is 31.2 Å². The fourth-order valence-electron chi connectivity index (χ4n) is 3.63. The summed E-state index contributed by atoms with van der Waals surface area (Å²) in [4.78, 5) is 39.6. The van der Waals surface area contributed by atoms with Crippen molar-refractivity contribution in [1.82, 2.24) is 5.32 Å². The molecule has 4 amide bonds. The van der Waals surface area contributed by atoms with Gasteiger partial charge < -0.3 is 14.2 Å². The lowest BCUT2D eigenvalue weighted by molar-refractivity contribution is -0.122. The minimum absolute atomic E-state index is 0.0727. The van der Waals surface area contributed by atoms with Crippen molar-refractivity contribution in [2.24, 2.45) is 0 Å². The van der Waals surface area contributed by atoms with Crippen LogP contribution in [-0.4, -0.2) is 32.1 Å². The van der Waals surface area contributed by atoms with Crippen LogP contribution in [0, 0.1) is 6.92 Å². The highest BCUT2D eigenvalue weighted by Gasteiger charge is 2.38. The van der Waals surface area contributed by atoms with Crippen molar-refractivity contribution in [2.75, 3.05) is 19.1 Å². The number of carbonyl (C=O) groups is 3. The summed E-state index contributed by atoms with van der Waals surface area (Å²) in [6.45, 7) is 2.30. The largest absolute Gasteiger partial charge is 0.495 e. The number of benzene rings is 3. The zero-order valence-corrected chi connectivity index (χ0v) is 20.6. The van der Waals surface area contributed by atoms with Crippen molar-refractivity contribution in [3.63, 3.8) is 0 Å². The Balaban J connectivity index is 1.69. The molecule has 4 rings (SSSR count). The van der Waals surface area contributed by atoms with Gasteiger partial charge in [0.25, 0.3) is 11.8 Å². The van der Waals surface area contributed by atoms with Gasteiger partial charge in [-0.05, 0) is 24.6 Å². The quantitative estimate of drug-likeness (QED) is 0.361. The van der Waals surface area contributed by atoms with Crippen LogP contribution in [0.4, 0.5) is 10.5 Å². The molecule has 3 aromatic rings. The molecule has 0 bridgehead atoms. The summed E-state index contributed by atoms with van der Waals surface area (Å²) in [6.07, 6.45) is 1.39. The predicted octanol–water partition coefficient (Wildman–Crippen LogP) is 4.91. The maximum atomic E-state index is 13.4. The van der Waals surface area contributed by atoms with Gasteiger partial charge in [0.2, 0.25) is 0 Å². The number of urea groups is 1. The lowest BCUT2D eigenvalue weighted by Crippen LogP contribution is -2.54. The minimum atomic E-state index is -0.922. The average molecular weight is 507 g/mol. The predicted molar refractivity (Wildman–Crippen MR) is 136 cm³/mol. The molecule has 0 saturated carbocycles. The molecule has 1 aliphatic heterocycles. The molecule has 0 aromatic heterocycles. The molecule has 0 atom stereocenters. The van der Waals surface area contributed by atoms with Crippen molar-refractivity contribution in [3.8, 4) is 17.2 Å². The molecule has 0 spiro atoms. The van der Waals surface area contributed by atoms with E-state index in [2.05, 4.69) is 5.32 Å². The van der Waals surface area contributed by atoms with Crippen molar-refractivity contribution in [3.05, 3.63) is 87.9 Å². The highest BCUT2D eigenvalue weighted by Crippen LogP contribution is 2.39. The highest BCUT2D eigenvalue weighted by atomic mass is 35.5. The lowest BCUT2D eigenvalue weighted by Gasteiger charge is -2.28. The van der Waals surface area contributed by atoms with Crippen molar-refractivity contribution < 1.29 is 28.6 Å². The number of amides is 4. The molecule has 1 fully saturated rings. The molecular formula is C27H23ClN2O6. The molecule has 0 radical (unpaired) electrons. The zero-order chi connectivity index (χ0) is 25.8. The van der Waals surface area contributed by atoms with Crippen LogP contribution in [0.5, 0.6) is 17.2 Å². The molecule has 0 unspecified atom stereocenters. The minimum Gasteiger partial charge on any atom is -0.495 e. The molecule has 0 aliphatic carbocycles. The summed E-state index contributed by atoms with van der Waals surface area (Å²) >= 11 is 6.16. The summed E-state index contributed by atoms with van der Waals surface area (Å²) in [7, 11) is 2.77. The molecular weight excluding hydrogens is 484 g/mol. The summed E-state index contributed by atoms with van der Waals surface area (Å²) < 4.78 is 16.5. The number of para-hydroxylation sites is 1. The van der Waals surface area contributed by atoms with Crippen molar-refractivity contribution in [1.29, 1.82) is 0 Å². The number of rotatable bonds is 7. The Kier molecular flexibility index (Phi) is 7.26. The number of nitrogens with one attached hydrogen (secondary N) is 1. The van der Waals surface area contributed by atoms with Crippen LogP contribution in [0.25, 0.3) is 6.08 Å². The second kappa shape index (κ2) is 10.5. The summed E-state index contributed by atoms with van der Waals surface area (Å²) in [6, 6.07) is 16.8. The Hall–Kier alpha value is -4.30. The molecule has 1 saturated heterocycles. The molecule has 36 heavy (non-hydrogen) atoms. The number of imide groups is 2. The zero-order valence-electron chi connectivity index (χ0n) is 19.8. The van der Waals surface area contributed by atoms with Crippen molar-refractivity contribution >= 4 is 41.2 Å². The first-order chi connectivity index (χ1) is 17.3. The summed E-state index contributed by atoms with van der Waals surface area (Å²) in [5.41, 5.74) is 2.42. The third kappa shape index (κ3) is 5.04. The van der Waals surface area contributed by atoms with E-state index in [0.717, 1.165) is 16.0 Å². The Labute approximate surface area is 213 Å². The molecule has 1 aliphatic rings. The Morgan fingerprint density at radius 2 is 1.61 bits per heavy atom. The number of hydrogen-bond acceptors (Lipinski definition) is 6. The van der Waals surface area contributed by atoms with E-state index < -0.39 is 17.8 Å². The molecule has 1 N–H and O–H groups in total. The number of halogens is 1. The monoisotopic (exact) mass is 506 g/mol. The van der Waals surface area contributed by atoms with Crippen LogP contribution in [0.15, 0.2) is 66.2 Å². The number of nitrogens with zero attached hydrogens (tertiary/aromatic N) is 1. The first-order valence-corrected chi connectivity index (χ1v) is 11.3. The van der Waals surface area contributed by atoms with E-state index in [1.165, 1.54) is 32.4 Å². The van der Waals surface area contributed by atoms with Crippen LogP contribution in [0.1, 0.15) is 16.7 Å². The lowest BCUT2D eigenvalue weighted by atomic mass is 10.1. The van der Waals surface area contributed by atoms with E-state index in [4.69, 9.17) is 25.8 Å². The van der Waals surface area contributed by atoms with Crippen LogP contribution < -0.4 is 24.4 Å². The molecule has 184 valence electrons. The van der Waals surface area contributed by atoms with Crippen LogP contribution in [-0.2, 0) is 16.2 Å². The van der Waals surface area contributed by atoms with Crippen LogP contribution >= 0.6 is 11.6 Å². The van der Waals surface area contributed by atoms with Gasteiger partial charge in [-0.1, -0.05) is 59.6 Å². The van der Waals surface area contributed by atoms with Gasteiger partial charge in [-0.2, -0.15) is 0 Å². The normalized spacial score (nSPS) is 14.6. The Bertz CT molecular complexity index is 1370. The summed E-state index contributed by atoms with van der Waals surface area (Å²) in [5, 5.41) is 2.43. The molecule has 9 heteroatoms. The van der Waals surface area contributed by atoms with Crippen molar-refractivity contribution in [2.45, 2.75) is 13.5 Å². The topological polar surface area (TPSA) is 94.2 Å². The average Bonchev–Trinajstić information content (AvgIpc) is 2.87. The molecule has 1 heterocycles. The first-order valence-electron chi connectivity index (χ1n) is 10.9. The van der Waals surface area contributed by atoms with E-state index in [1.54, 1.807) is 24.3 Å². The van der Waals surface area contributed by atoms with E-state index in [0.29, 0.717) is 17.9 Å². The van der Waals surface area contributed by atoms with E-state index in [-0.39, 0.29) is 27.8 Å². The maximum Gasteiger partial charge on any atom is 0.336 e. The SMILES string of the molecule is COc1cc(N2C(=O)NC(=O)/C(=C\c3ccccc3OCc3ccc(C)cc3)C2=O)c(OC)cc1Cl. The molecule has 3 aromatic carbocycles. The number of hydrogen-bond donors (Lipinski definition) is 1. The van der Waals surface area contributed by atoms with Gasteiger partial charge >= 0.3 is 6.03 Å². The van der Waals surface area contributed by atoms with Gasteiger partial charge in [0.1, 0.15) is 29.4 Å². The summed E-state index contributed by atoms with van der Waals surface area (Å²) in [5.74, 6) is -0.806. The van der Waals surface area contributed by atoms with Crippen LogP contribution in [0.2, 0.25) is 5.02 Å². The van der Waals surface area contributed by atoms with Gasteiger partial charge in [-0.15, -0.1) is 0 Å². The third-order valence-electron chi connectivity index (χ3n) is 5.53. The van der Waals surface area contributed by atoms with E-state index >= 15 is 0 Å². The second-order valence-electron chi connectivity index (χ2n) is 7.93. The number of barbiturate groups is 1. The van der Waals surface area contributed by atoms with Gasteiger partial charge in [-0.3, -0.25) is 14.9 Å². The second-order valence-corrected chi connectivity index (χ2v) is 8.34. The van der Waals surface area contributed by atoms with Gasteiger partial charge in [-0.25, -0.2) is 9.69 Å². The number of anilines is 1. The van der Waals surface area contributed by atoms with Gasteiger partial charge in [0, 0.05) is 17.7 Å². The van der Waals surface area contributed by atoms with Crippen LogP contribution in [0.3, 0.4) is 0 Å². The number of carbonyl (C=O) groups excluding carboxylic acids is 3. The Morgan fingerprint density at radius 3 is 2.31 bits per heavy atom. The molecule has 8 nitrogen and oxygen atoms in total. The maximum absolute atomic E-state index is 13.4. The number of aryl methyl sites for hydroxylation is 1.